The lowest BCUT2D eigenvalue weighted by Crippen LogP contribution is -2.23. The molecule has 5 nitrogen and oxygen atoms in total. The summed E-state index contributed by atoms with van der Waals surface area (Å²) in [6, 6.07) is 3.26. The molecule has 21 heavy (non-hydrogen) atoms. The van der Waals surface area contributed by atoms with Gasteiger partial charge in [0.15, 0.2) is 11.5 Å². The van der Waals surface area contributed by atoms with E-state index < -0.39 is 0 Å². The molecule has 0 aliphatic rings. The number of rotatable bonds is 8. The largest absolute Gasteiger partial charge is 0.490 e. The van der Waals surface area contributed by atoms with E-state index in [-0.39, 0.29) is 12.5 Å². The first-order valence-corrected chi connectivity index (χ1v) is 6.95. The number of carbonyl (C=O) groups excluding carboxylic acids is 1. The predicted molar refractivity (Wildman–Crippen MR) is 81.1 cm³/mol. The molecule has 114 valence electrons. The van der Waals surface area contributed by atoms with E-state index in [1.807, 2.05) is 20.8 Å². The van der Waals surface area contributed by atoms with Gasteiger partial charge in [-0.15, -0.1) is 6.42 Å². The second-order valence-electron chi connectivity index (χ2n) is 3.99. The average molecular weight is 291 g/mol. The molecule has 5 heteroatoms. The van der Waals surface area contributed by atoms with Crippen molar-refractivity contribution in [3.05, 3.63) is 17.7 Å². The molecule has 0 spiro atoms. The van der Waals surface area contributed by atoms with E-state index in [1.165, 1.54) is 0 Å². The van der Waals surface area contributed by atoms with Gasteiger partial charge in [-0.25, -0.2) is 0 Å². The van der Waals surface area contributed by atoms with Gasteiger partial charge in [0.25, 0.3) is 5.91 Å². The summed E-state index contributed by atoms with van der Waals surface area (Å²) in [4.78, 5) is 12.0. The minimum absolute atomic E-state index is 0.167. The first-order valence-electron chi connectivity index (χ1n) is 6.95. The van der Waals surface area contributed by atoms with Crippen LogP contribution in [-0.2, 0) is 0 Å². The van der Waals surface area contributed by atoms with Crippen molar-refractivity contribution in [1.29, 1.82) is 0 Å². The molecule has 0 saturated carbocycles. The molecule has 0 aliphatic heterocycles. The van der Waals surface area contributed by atoms with E-state index in [4.69, 9.17) is 20.6 Å². The molecule has 1 rings (SSSR count). The maximum atomic E-state index is 12.0. The number of benzene rings is 1. The van der Waals surface area contributed by atoms with Crippen LogP contribution < -0.4 is 19.5 Å². The Morgan fingerprint density at radius 3 is 2.05 bits per heavy atom. The Kier molecular flexibility index (Phi) is 6.96. The van der Waals surface area contributed by atoms with E-state index in [0.29, 0.717) is 42.6 Å². The summed E-state index contributed by atoms with van der Waals surface area (Å²) in [5.74, 6) is 3.55. The first kappa shape index (κ1) is 16.7. The Bertz CT molecular complexity index is 492. The maximum Gasteiger partial charge on any atom is 0.252 e. The van der Waals surface area contributed by atoms with E-state index in [0.717, 1.165) is 0 Å². The lowest BCUT2D eigenvalue weighted by atomic mass is 10.1. The van der Waals surface area contributed by atoms with Crippen molar-refractivity contribution in [3.8, 4) is 29.6 Å². The van der Waals surface area contributed by atoms with Crippen LogP contribution in [0, 0.1) is 12.3 Å². The number of terminal acetylenes is 1. The van der Waals surface area contributed by atoms with E-state index in [9.17, 15) is 4.79 Å². The molecule has 0 saturated heterocycles. The summed E-state index contributed by atoms with van der Waals surface area (Å²) in [5.41, 5.74) is 0.417. The van der Waals surface area contributed by atoms with Crippen LogP contribution in [0.25, 0.3) is 0 Å². The molecule has 1 aromatic rings. The Morgan fingerprint density at radius 2 is 1.62 bits per heavy atom. The molecular weight excluding hydrogens is 270 g/mol. The summed E-state index contributed by atoms with van der Waals surface area (Å²) in [5, 5.41) is 2.61. The summed E-state index contributed by atoms with van der Waals surface area (Å²) >= 11 is 0. The number of hydrogen-bond donors (Lipinski definition) is 1. The van der Waals surface area contributed by atoms with Gasteiger partial charge in [-0.05, 0) is 32.9 Å². The number of hydrogen-bond acceptors (Lipinski definition) is 4. The van der Waals surface area contributed by atoms with Crippen molar-refractivity contribution in [3.63, 3.8) is 0 Å². The molecule has 0 radical (unpaired) electrons. The third-order valence-corrected chi connectivity index (χ3v) is 2.52. The molecule has 0 heterocycles. The van der Waals surface area contributed by atoms with Crippen LogP contribution in [0.1, 0.15) is 31.1 Å². The van der Waals surface area contributed by atoms with E-state index in [1.54, 1.807) is 12.1 Å². The second-order valence-corrected chi connectivity index (χ2v) is 3.99. The molecule has 1 amide bonds. The lowest BCUT2D eigenvalue weighted by molar-refractivity contribution is 0.0957. The molecule has 0 aromatic heterocycles. The van der Waals surface area contributed by atoms with Crippen LogP contribution in [0.4, 0.5) is 0 Å². The van der Waals surface area contributed by atoms with Crippen molar-refractivity contribution >= 4 is 5.91 Å². The van der Waals surface area contributed by atoms with Crippen LogP contribution in [0.15, 0.2) is 12.1 Å². The van der Waals surface area contributed by atoms with Gasteiger partial charge in [-0.3, -0.25) is 4.79 Å². The average Bonchev–Trinajstić information content (AvgIpc) is 2.48. The Morgan fingerprint density at radius 1 is 1.10 bits per heavy atom. The fourth-order valence-corrected chi connectivity index (χ4v) is 1.75. The van der Waals surface area contributed by atoms with Gasteiger partial charge in [0, 0.05) is 5.56 Å². The summed E-state index contributed by atoms with van der Waals surface area (Å²) in [6.07, 6.45) is 5.14. The molecule has 0 unspecified atom stereocenters. The lowest BCUT2D eigenvalue weighted by Gasteiger charge is -2.16. The van der Waals surface area contributed by atoms with Crippen molar-refractivity contribution < 1.29 is 19.0 Å². The zero-order valence-electron chi connectivity index (χ0n) is 12.7. The highest BCUT2D eigenvalue weighted by atomic mass is 16.5. The third kappa shape index (κ3) is 4.60. The quantitative estimate of drug-likeness (QED) is 0.746. The third-order valence-electron chi connectivity index (χ3n) is 2.52. The minimum Gasteiger partial charge on any atom is -0.490 e. The predicted octanol–water partition coefficient (Wildman–Crippen LogP) is 2.25. The maximum absolute atomic E-state index is 12.0. The Hall–Kier alpha value is -2.35. The topological polar surface area (TPSA) is 56.8 Å². The van der Waals surface area contributed by atoms with Gasteiger partial charge < -0.3 is 19.5 Å². The molecule has 0 atom stereocenters. The normalized spacial score (nSPS) is 9.62. The van der Waals surface area contributed by atoms with Gasteiger partial charge in [-0.2, -0.15) is 0 Å². The highest BCUT2D eigenvalue weighted by molar-refractivity contribution is 5.95. The monoisotopic (exact) mass is 291 g/mol. The van der Waals surface area contributed by atoms with Crippen molar-refractivity contribution in [2.75, 3.05) is 26.4 Å². The van der Waals surface area contributed by atoms with Gasteiger partial charge in [0.2, 0.25) is 5.75 Å². The SMILES string of the molecule is C#CCNC(=O)c1cc(OCC)c(OCC)c(OCC)c1. The molecule has 1 N–H and O–H groups in total. The van der Waals surface area contributed by atoms with Crippen LogP contribution in [-0.4, -0.2) is 32.3 Å². The smallest absolute Gasteiger partial charge is 0.252 e. The number of nitrogens with one attached hydrogen (secondary N) is 1. The van der Waals surface area contributed by atoms with Gasteiger partial charge in [0.05, 0.1) is 26.4 Å². The van der Waals surface area contributed by atoms with E-state index in [2.05, 4.69) is 11.2 Å². The zero-order chi connectivity index (χ0) is 15.7. The molecule has 0 aliphatic carbocycles. The fourth-order valence-electron chi connectivity index (χ4n) is 1.75. The van der Waals surface area contributed by atoms with Crippen molar-refractivity contribution in [2.45, 2.75) is 20.8 Å². The van der Waals surface area contributed by atoms with Crippen LogP contribution >= 0.6 is 0 Å². The standard InChI is InChI=1S/C16H21NO4/c1-5-9-17-16(18)12-10-13(19-6-2)15(21-8-4)14(11-12)20-7-3/h1,10-11H,6-9H2,2-4H3,(H,17,18). The Balaban J connectivity index is 3.21. The fraction of sp³-hybridized carbons (Fsp3) is 0.438. The van der Waals surface area contributed by atoms with Crippen molar-refractivity contribution in [1.82, 2.24) is 5.32 Å². The van der Waals surface area contributed by atoms with Crippen molar-refractivity contribution in [2.24, 2.45) is 0 Å². The van der Waals surface area contributed by atoms with Gasteiger partial charge >= 0.3 is 0 Å². The van der Waals surface area contributed by atoms with E-state index >= 15 is 0 Å². The zero-order valence-corrected chi connectivity index (χ0v) is 12.7. The first-order chi connectivity index (χ1) is 10.2. The Labute approximate surface area is 125 Å². The summed E-state index contributed by atoms with van der Waals surface area (Å²) in [6.45, 7) is 7.16. The summed E-state index contributed by atoms with van der Waals surface area (Å²) < 4.78 is 16.7. The molecule has 0 bridgehead atoms. The highest BCUT2D eigenvalue weighted by Crippen LogP contribution is 2.39. The number of ether oxygens (including phenoxy) is 3. The molecule has 1 aromatic carbocycles. The van der Waals surface area contributed by atoms with Gasteiger partial charge in [-0.1, -0.05) is 5.92 Å². The molecular formula is C16H21NO4. The highest BCUT2D eigenvalue weighted by Gasteiger charge is 2.17. The molecule has 0 fully saturated rings. The van der Waals surface area contributed by atoms with Crippen LogP contribution in [0.2, 0.25) is 0 Å². The number of amides is 1. The van der Waals surface area contributed by atoms with Crippen LogP contribution in [0.5, 0.6) is 17.2 Å². The second kappa shape index (κ2) is 8.75. The summed E-state index contributed by atoms with van der Waals surface area (Å²) in [7, 11) is 0. The number of carbonyl (C=O) groups is 1. The minimum atomic E-state index is -0.280. The van der Waals surface area contributed by atoms with Gasteiger partial charge in [0.1, 0.15) is 0 Å². The van der Waals surface area contributed by atoms with Crippen LogP contribution in [0.3, 0.4) is 0 Å².